The van der Waals surface area contributed by atoms with Crippen LogP contribution in [-0.4, -0.2) is 36.8 Å². The molecule has 0 saturated heterocycles. The van der Waals surface area contributed by atoms with E-state index in [1.54, 1.807) is 36.2 Å². The third kappa shape index (κ3) is 3.90. The highest BCUT2D eigenvalue weighted by Gasteiger charge is 2.12. The van der Waals surface area contributed by atoms with Gasteiger partial charge in [0.2, 0.25) is 0 Å². The van der Waals surface area contributed by atoms with Gasteiger partial charge in [0, 0.05) is 18.7 Å². The second kappa shape index (κ2) is 6.03. The van der Waals surface area contributed by atoms with Gasteiger partial charge in [0.15, 0.2) is 6.61 Å². The molecule has 0 bridgehead atoms. The molecule has 1 aromatic carbocycles. The highest BCUT2D eigenvalue weighted by Crippen LogP contribution is 2.11. The summed E-state index contributed by atoms with van der Waals surface area (Å²) in [6.07, 6.45) is 0.765. The maximum absolute atomic E-state index is 11.6. The zero-order valence-electron chi connectivity index (χ0n) is 10.3. The zero-order valence-corrected chi connectivity index (χ0v) is 10.3. The minimum absolute atomic E-state index is 0.00904. The highest BCUT2D eigenvalue weighted by atomic mass is 16.5. The number of carbonyl (C=O) groups is 2. The van der Waals surface area contributed by atoms with Crippen molar-refractivity contribution in [1.29, 1.82) is 0 Å². The van der Waals surface area contributed by atoms with Crippen molar-refractivity contribution in [3.05, 3.63) is 29.8 Å². The second-order valence-corrected chi connectivity index (χ2v) is 4.07. The predicted molar refractivity (Wildman–Crippen MR) is 65.2 cm³/mol. The van der Waals surface area contributed by atoms with Gasteiger partial charge in [0.1, 0.15) is 12.0 Å². The Bertz CT molecular complexity index is 384. The van der Waals surface area contributed by atoms with E-state index in [0.29, 0.717) is 11.3 Å². The molecular formula is C13H17NO3. The Balaban J connectivity index is 2.50. The lowest BCUT2D eigenvalue weighted by molar-refractivity contribution is -0.133. The van der Waals surface area contributed by atoms with E-state index in [0.717, 1.165) is 6.29 Å². The number of hydrogen-bond donors (Lipinski definition) is 0. The van der Waals surface area contributed by atoms with Crippen LogP contribution in [0.3, 0.4) is 0 Å². The molecule has 0 aliphatic rings. The summed E-state index contributed by atoms with van der Waals surface area (Å²) < 4.78 is 5.33. The van der Waals surface area contributed by atoms with E-state index in [1.165, 1.54) is 0 Å². The fourth-order valence-corrected chi connectivity index (χ4v) is 1.18. The fraction of sp³-hybridized carbons (Fsp3) is 0.385. The lowest BCUT2D eigenvalue weighted by Gasteiger charge is -2.21. The molecule has 1 aromatic rings. The Hall–Kier alpha value is -1.84. The number of carbonyl (C=O) groups excluding carboxylic acids is 2. The topological polar surface area (TPSA) is 46.6 Å². The van der Waals surface area contributed by atoms with Crippen LogP contribution in [0.15, 0.2) is 24.3 Å². The average Bonchev–Trinajstić information content (AvgIpc) is 2.35. The standard InChI is InChI=1S/C13H17NO3/c1-10(2)14(3)13(16)9-17-12-6-4-11(8-15)5-7-12/h4-8,10H,9H2,1-3H3. The summed E-state index contributed by atoms with van der Waals surface area (Å²) in [7, 11) is 1.74. The van der Waals surface area contributed by atoms with E-state index in [1.807, 2.05) is 13.8 Å². The van der Waals surface area contributed by atoms with Crippen LogP contribution < -0.4 is 4.74 Å². The van der Waals surface area contributed by atoms with Gasteiger partial charge in [-0.25, -0.2) is 0 Å². The Kier molecular flexibility index (Phi) is 4.69. The number of nitrogens with zero attached hydrogens (tertiary/aromatic N) is 1. The number of aldehydes is 1. The molecule has 4 heteroatoms. The van der Waals surface area contributed by atoms with Crippen molar-refractivity contribution in [2.45, 2.75) is 19.9 Å². The van der Waals surface area contributed by atoms with E-state index < -0.39 is 0 Å². The van der Waals surface area contributed by atoms with Crippen LogP contribution in [0.2, 0.25) is 0 Å². The van der Waals surface area contributed by atoms with Gasteiger partial charge in [0.25, 0.3) is 5.91 Å². The largest absolute Gasteiger partial charge is 0.484 e. The van der Waals surface area contributed by atoms with Gasteiger partial charge in [0.05, 0.1) is 0 Å². The molecule has 0 heterocycles. The van der Waals surface area contributed by atoms with Crippen LogP contribution in [0.1, 0.15) is 24.2 Å². The number of ether oxygens (including phenoxy) is 1. The van der Waals surface area contributed by atoms with Gasteiger partial charge in [-0.3, -0.25) is 9.59 Å². The molecule has 0 N–H and O–H groups in total. The van der Waals surface area contributed by atoms with Crippen molar-refractivity contribution < 1.29 is 14.3 Å². The molecule has 1 rings (SSSR count). The number of hydrogen-bond acceptors (Lipinski definition) is 3. The summed E-state index contributed by atoms with van der Waals surface area (Å²) in [4.78, 5) is 23.7. The molecule has 4 nitrogen and oxygen atoms in total. The van der Waals surface area contributed by atoms with Crippen molar-refractivity contribution in [3.8, 4) is 5.75 Å². The monoisotopic (exact) mass is 235 g/mol. The molecule has 0 spiro atoms. The molecule has 0 aliphatic carbocycles. The number of benzene rings is 1. The predicted octanol–water partition coefficient (Wildman–Crippen LogP) is 1.74. The maximum Gasteiger partial charge on any atom is 0.260 e. The molecule has 0 aromatic heterocycles. The van der Waals surface area contributed by atoms with Gasteiger partial charge >= 0.3 is 0 Å². The van der Waals surface area contributed by atoms with Crippen molar-refractivity contribution >= 4 is 12.2 Å². The Morgan fingerprint density at radius 2 is 1.94 bits per heavy atom. The average molecular weight is 235 g/mol. The Morgan fingerprint density at radius 3 is 2.41 bits per heavy atom. The molecule has 17 heavy (non-hydrogen) atoms. The third-order valence-corrected chi connectivity index (χ3v) is 2.55. The molecule has 0 fully saturated rings. The van der Waals surface area contributed by atoms with Gasteiger partial charge in [-0.05, 0) is 38.1 Å². The smallest absolute Gasteiger partial charge is 0.260 e. The minimum Gasteiger partial charge on any atom is -0.484 e. The number of amides is 1. The highest BCUT2D eigenvalue weighted by molar-refractivity contribution is 5.78. The summed E-state index contributed by atoms with van der Waals surface area (Å²) in [5, 5.41) is 0. The summed E-state index contributed by atoms with van der Waals surface area (Å²) in [6, 6.07) is 6.81. The normalized spacial score (nSPS) is 10.1. The van der Waals surface area contributed by atoms with E-state index in [4.69, 9.17) is 4.74 Å². The molecule has 1 amide bonds. The minimum atomic E-state index is -0.0699. The van der Waals surface area contributed by atoms with E-state index in [-0.39, 0.29) is 18.6 Å². The van der Waals surface area contributed by atoms with E-state index in [9.17, 15) is 9.59 Å². The lowest BCUT2D eigenvalue weighted by Crippen LogP contribution is -2.36. The van der Waals surface area contributed by atoms with Crippen LogP contribution in [0.5, 0.6) is 5.75 Å². The molecule has 0 aliphatic heterocycles. The first-order valence-corrected chi connectivity index (χ1v) is 5.48. The quantitative estimate of drug-likeness (QED) is 0.730. The zero-order chi connectivity index (χ0) is 12.8. The Labute approximate surface area is 101 Å². The van der Waals surface area contributed by atoms with Crippen LogP contribution in [0.25, 0.3) is 0 Å². The Morgan fingerprint density at radius 1 is 1.35 bits per heavy atom. The molecule has 0 unspecified atom stereocenters. The van der Waals surface area contributed by atoms with Crippen molar-refractivity contribution in [2.75, 3.05) is 13.7 Å². The molecule has 0 radical (unpaired) electrons. The third-order valence-electron chi connectivity index (χ3n) is 2.55. The first-order chi connectivity index (χ1) is 8.04. The van der Waals surface area contributed by atoms with Gasteiger partial charge in [-0.2, -0.15) is 0 Å². The van der Waals surface area contributed by atoms with Crippen LogP contribution in [0.4, 0.5) is 0 Å². The van der Waals surface area contributed by atoms with Gasteiger partial charge in [-0.15, -0.1) is 0 Å². The second-order valence-electron chi connectivity index (χ2n) is 4.07. The van der Waals surface area contributed by atoms with Crippen LogP contribution in [0, 0.1) is 0 Å². The maximum atomic E-state index is 11.6. The molecular weight excluding hydrogens is 218 g/mol. The summed E-state index contributed by atoms with van der Waals surface area (Å²) in [5.74, 6) is 0.514. The van der Waals surface area contributed by atoms with Crippen molar-refractivity contribution in [3.63, 3.8) is 0 Å². The molecule has 0 atom stereocenters. The van der Waals surface area contributed by atoms with Gasteiger partial charge < -0.3 is 9.64 Å². The summed E-state index contributed by atoms with van der Waals surface area (Å²) in [5.41, 5.74) is 0.586. The van der Waals surface area contributed by atoms with Crippen molar-refractivity contribution in [2.24, 2.45) is 0 Å². The lowest BCUT2D eigenvalue weighted by atomic mass is 10.2. The number of likely N-dealkylation sites (N-methyl/N-ethyl adjacent to an activating group) is 1. The van der Waals surface area contributed by atoms with Crippen LogP contribution in [-0.2, 0) is 4.79 Å². The van der Waals surface area contributed by atoms with E-state index in [2.05, 4.69) is 0 Å². The molecule has 0 saturated carbocycles. The molecule has 92 valence electrons. The first kappa shape index (κ1) is 13.2. The van der Waals surface area contributed by atoms with Crippen LogP contribution >= 0.6 is 0 Å². The van der Waals surface area contributed by atoms with Crippen molar-refractivity contribution in [1.82, 2.24) is 4.90 Å². The summed E-state index contributed by atoms with van der Waals surface area (Å²) in [6.45, 7) is 3.89. The number of rotatable bonds is 5. The first-order valence-electron chi connectivity index (χ1n) is 5.48. The SMILES string of the molecule is CC(C)N(C)C(=O)COc1ccc(C=O)cc1. The fourth-order valence-electron chi connectivity index (χ4n) is 1.18. The summed E-state index contributed by atoms with van der Waals surface area (Å²) >= 11 is 0. The van der Waals surface area contributed by atoms with Gasteiger partial charge in [-0.1, -0.05) is 0 Å². The van der Waals surface area contributed by atoms with E-state index >= 15 is 0 Å².